The molecule has 2 saturated heterocycles. The SMILES string of the molecule is Cc1ccc(NC(=O)CN2C3CCC2CC(O)C3)cc1. The highest BCUT2D eigenvalue weighted by Crippen LogP contribution is 2.35. The van der Waals surface area contributed by atoms with Crippen LogP contribution in [-0.2, 0) is 4.79 Å². The third-order valence-corrected chi connectivity index (χ3v) is 4.52. The smallest absolute Gasteiger partial charge is 0.238 e. The van der Waals surface area contributed by atoms with E-state index in [1.807, 2.05) is 31.2 Å². The summed E-state index contributed by atoms with van der Waals surface area (Å²) in [5.41, 5.74) is 2.04. The molecular formula is C16H22N2O2. The number of benzene rings is 1. The molecule has 2 aliphatic heterocycles. The summed E-state index contributed by atoms with van der Waals surface area (Å²) in [5.74, 6) is 0.0437. The highest BCUT2D eigenvalue weighted by molar-refractivity contribution is 5.92. The van der Waals surface area contributed by atoms with Gasteiger partial charge in [-0.1, -0.05) is 17.7 Å². The summed E-state index contributed by atoms with van der Waals surface area (Å²) < 4.78 is 0. The first-order chi connectivity index (χ1) is 9.61. The van der Waals surface area contributed by atoms with E-state index in [4.69, 9.17) is 0 Å². The summed E-state index contributed by atoms with van der Waals surface area (Å²) >= 11 is 0. The lowest BCUT2D eigenvalue weighted by molar-refractivity contribution is -0.119. The first-order valence-electron chi connectivity index (χ1n) is 7.42. The van der Waals surface area contributed by atoms with Crippen molar-refractivity contribution in [2.24, 2.45) is 0 Å². The lowest BCUT2D eigenvalue weighted by atomic mass is 10.00. The summed E-state index contributed by atoms with van der Waals surface area (Å²) in [5, 5.41) is 12.7. The number of aryl methyl sites for hydroxylation is 1. The summed E-state index contributed by atoms with van der Waals surface area (Å²) in [6.07, 6.45) is 3.67. The molecule has 2 heterocycles. The van der Waals surface area contributed by atoms with Crippen LogP contribution in [0, 0.1) is 6.92 Å². The van der Waals surface area contributed by atoms with E-state index in [1.54, 1.807) is 0 Å². The molecule has 0 saturated carbocycles. The second kappa shape index (κ2) is 5.54. The topological polar surface area (TPSA) is 52.6 Å². The summed E-state index contributed by atoms with van der Waals surface area (Å²) in [6.45, 7) is 2.47. The van der Waals surface area contributed by atoms with Crippen molar-refractivity contribution in [1.29, 1.82) is 0 Å². The van der Waals surface area contributed by atoms with Crippen LogP contribution < -0.4 is 5.32 Å². The number of carbonyl (C=O) groups excluding carboxylic acids is 1. The molecule has 2 atom stereocenters. The molecule has 2 aliphatic rings. The number of nitrogens with one attached hydrogen (secondary N) is 1. The number of rotatable bonds is 3. The number of anilines is 1. The molecule has 3 rings (SSSR count). The molecule has 0 aliphatic carbocycles. The average molecular weight is 274 g/mol. The van der Waals surface area contributed by atoms with E-state index in [0.717, 1.165) is 31.4 Å². The molecular weight excluding hydrogens is 252 g/mol. The minimum Gasteiger partial charge on any atom is -0.393 e. The Kier molecular flexibility index (Phi) is 3.76. The lowest BCUT2D eigenvalue weighted by Crippen LogP contribution is -2.47. The molecule has 2 fully saturated rings. The third-order valence-electron chi connectivity index (χ3n) is 4.52. The van der Waals surface area contributed by atoms with E-state index >= 15 is 0 Å². The van der Waals surface area contributed by atoms with Gasteiger partial charge in [-0.2, -0.15) is 0 Å². The van der Waals surface area contributed by atoms with Gasteiger partial charge in [0.25, 0.3) is 0 Å². The van der Waals surface area contributed by atoms with Gasteiger partial charge in [-0.3, -0.25) is 9.69 Å². The van der Waals surface area contributed by atoms with Gasteiger partial charge in [0.15, 0.2) is 0 Å². The maximum Gasteiger partial charge on any atom is 0.238 e. The normalized spacial score (nSPS) is 29.4. The van der Waals surface area contributed by atoms with E-state index in [9.17, 15) is 9.90 Å². The standard InChI is InChI=1S/C16H22N2O2/c1-11-2-4-12(5-3-11)17-16(20)10-18-13-6-7-14(18)9-15(19)8-13/h2-5,13-15,19H,6-10H2,1H3,(H,17,20). The number of aliphatic hydroxyl groups is 1. The van der Waals surface area contributed by atoms with Gasteiger partial charge in [0.2, 0.25) is 5.91 Å². The van der Waals surface area contributed by atoms with Crippen LogP contribution >= 0.6 is 0 Å². The quantitative estimate of drug-likeness (QED) is 0.885. The van der Waals surface area contributed by atoms with Gasteiger partial charge in [-0.15, -0.1) is 0 Å². The molecule has 1 amide bonds. The maximum absolute atomic E-state index is 12.2. The zero-order valence-electron chi connectivity index (χ0n) is 11.9. The average Bonchev–Trinajstić information content (AvgIpc) is 2.65. The first kappa shape index (κ1) is 13.6. The molecule has 2 N–H and O–H groups in total. The van der Waals surface area contributed by atoms with Gasteiger partial charge >= 0.3 is 0 Å². The molecule has 2 unspecified atom stereocenters. The van der Waals surface area contributed by atoms with Gasteiger partial charge in [0.1, 0.15) is 0 Å². The Labute approximate surface area is 119 Å². The number of nitrogens with zero attached hydrogens (tertiary/aromatic N) is 1. The van der Waals surface area contributed by atoms with Crippen molar-refractivity contribution in [1.82, 2.24) is 4.90 Å². The van der Waals surface area contributed by atoms with Crippen LogP contribution in [0.4, 0.5) is 5.69 Å². The van der Waals surface area contributed by atoms with Crippen molar-refractivity contribution >= 4 is 11.6 Å². The van der Waals surface area contributed by atoms with E-state index in [2.05, 4.69) is 10.2 Å². The first-order valence-corrected chi connectivity index (χ1v) is 7.42. The van der Waals surface area contributed by atoms with Gasteiger partial charge < -0.3 is 10.4 Å². The number of carbonyl (C=O) groups is 1. The number of amides is 1. The summed E-state index contributed by atoms with van der Waals surface area (Å²) in [7, 11) is 0. The Hall–Kier alpha value is -1.39. The lowest BCUT2D eigenvalue weighted by Gasteiger charge is -2.36. The zero-order valence-corrected chi connectivity index (χ0v) is 11.9. The molecule has 4 nitrogen and oxygen atoms in total. The third kappa shape index (κ3) is 2.86. The minimum atomic E-state index is -0.177. The number of hydrogen-bond acceptors (Lipinski definition) is 3. The second-order valence-electron chi connectivity index (χ2n) is 6.10. The molecule has 20 heavy (non-hydrogen) atoms. The molecule has 4 heteroatoms. The van der Waals surface area contributed by atoms with Crippen LogP contribution in [0.2, 0.25) is 0 Å². The largest absolute Gasteiger partial charge is 0.393 e. The number of fused-ring (bicyclic) bond motifs is 2. The van der Waals surface area contributed by atoms with Crippen LogP contribution in [0.15, 0.2) is 24.3 Å². The number of piperidine rings is 1. The minimum absolute atomic E-state index is 0.0437. The predicted octanol–water partition coefficient (Wildman–Crippen LogP) is 1.92. The van der Waals surface area contributed by atoms with Gasteiger partial charge in [-0.05, 0) is 44.7 Å². The van der Waals surface area contributed by atoms with E-state index < -0.39 is 0 Å². The van der Waals surface area contributed by atoms with Crippen molar-refractivity contribution in [2.75, 3.05) is 11.9 Å². The van der Waals surface area contributed by atoms with Crippen LogP contribution in [0.25, 0.3) is 0 Å². The van der Waals surface area contributed by atoms with E-state index in [1.165, 1.54) is 5.56 Å². The van der Waals surface area contributed by atoms with Crippen LogP contribution in [0.3, 0.4) is 0 Å². The highest BCUT2D eigenvalue weighted by Gasteiger charge is 2.40. The van der Waals surface area contributed by atoms with Crippen LogP contribution in [0.5, 0.6) is 0 Å². The zero-order chi connectivity index (χ0) is 14.1. The van der Waals surface area contributed by atoms with Crippen molar-refractivity contribution in [3.05, 3.63) is 29.8 Å². The van der Waals surface area contributed by atoms with Gasteiger partial charge in [0, 0.05) is 17.8 Å². The molecule has 2 bridgehead atoms. The molecule has 1 aromatic carbocycles. The van der Waals surface area contributed by atoms with Crippen molar-refractivity contribution in [2.45, 2.75) is 50.8 Å². The Morgan fingerprint density at radius 2 is 1.85 bits per heavy atom. The maximum atomic E-state index is 12.2. The summed E-state index contributed by atoms with van der Waals surface area (Å²) in [6, 6.07) is 8.62. The Bertz CT molecular complexity index is 472. The van der Waals surface area contributed by atoms with E-state index in [-0.39, 0.29) is 12.0 Å². The van der Waals surface area contributed by atoms with Crippen molar-refractivity contribution < 1.29 is 9.90 Å². The Morgan fingerprint density at radius 3 is 2.45 bits per heavy atom. The Morgan fingerprint density at radius 1 is 1.25 bits per heavy atom. The number of hydrogen-bond donors (Lipinski definition) is 2. The fourth-order valence-electron chi connectivity index (χ4n) is 3.51. The molecule has 0 spiro atoms. The van der Waals surface area contributed by atoms with Crippen LogP contribution in [0.1, 0.15) is 31.2 Å². The molecule has 0 radical (unpaired) electrons. The fourth-order valence-corrected chi connectivity index (χ4v) is 3.51. The van der Waals surface area contributed by atoms with E-state index in [0.29, 0.717) is 18.6 Å². The predicted molar refractivity (Wildman–Crippen MR) is 78.6 cm³/mol. The monoisotopic (exact) mass is 274 g/mol. The molecule has 1 aromatic rings. The van der Waals surface area contributed by atoms with Gasteiger partial charge in [0.05, 0.1) is 12.6 Å². The molecule has 108 valence electrons. The highest BCUT2D eigenvalue weighted by atomic mass is 16.3. The summed E-state index contributed by atoms with van der Waals surface area (Å²) in [4.78, 5) is 14.4. The van der Waals surface area contributed by atoms with Crippen molar-refractivity contribution in [3.63, 3.8) is 0 Å². The fraction of sp³-hybridized carbons (Fsp3) is 0.562. The number of aliphatic hydroxyl groups excluding tert-OH is 1. The second-order valence-corrected chi connectivity index (χ2v) is 6.10. The molecule has 0 aromatic heterocycles. The van der Waals surface area contributed by atoms with Crippen molar-refractivity contribution in [3.8, 4) is 0 Å². The van der Waals surface area contributed by atoms with Crippen LogP contribution in [-0.4, -0.2) is 40.6 Å². The van der Waals surface area contributed by atoms with Gasteiger partial charge in [-0.25, -0.2) is 0 Å². The Balaban J connectivity index is 1.58.